The van der Waals surface area contributed by atoms with Crippen LogP contribution in [0.4, 0.5) is 5.69 Å². The lowest BCUT2D eigenvalue weighted by molar-refractivity contribution is -0.135. The fourth-order valence-electron chi connectivity index (χ4n) is 3.63. The van der Waals surface area contributed by atoms with E-state index in [4.69, 9.17) is 9.47 Å². The monoisotopic (exact) mass is 359 g/mol. The molecular formula is C19H25N3O4. The summed E-state index contributed by atoms with van der Waals surface area (Å²) in [6.45, 7) is 7.57. The third-order valence-electron chi connectivity index (χ3n) is 5.39. The van der Waals surface area contributed by atoms with Crippen molar-refractivity contribution in [3.05, 3.63) is 18.2 Å². The first kappa shape index (κ1) is 17.1. The first-order chi connectivity index (χ1) is 12.7. The van der Waals surface area contributed by atoms with Crippen molar-refractivity contribution in [2.45, 2.75) is 13.3 Å². The number of hydrogen-bond donors (Lipinski definition) is 1. The van der Waals surface area contributed by atoms with E-state index >= 15 is 0 Å². The van der Waals surface area contributed by atoms with Crippen LogP contribution in [-0.4, -0.2) is 67.6 Å². The molecule has 1 saturated carbocycles. The molecule has 0 bridgehead atoms. The molecule has 2 unspecified atom stereocenters. The van der Waals surface area contributed by atoms with Crippen molar-refractivity contribution in [1.29, 1.82) is 0 Å². The Morgan fingerprint density at radius 2 is 1.81 bits per heavy atom. The SMILES string of the molecule is CCN1CCN(C(=O)C2CC2C(=O)Nc2ccc3c(c2)OCCO3)CC1. The number of benzene rings is 1. The highest BCUT2D eigenvalue weighted by Gasteiger charge is 2.49. The number of hydrogen-bond acceptors (Lipinski definition) is 5. The van der Waals surface area contributed by atoms with Crippen molar-refractivity contribution in [2.24, 2.45) is 11.8 Å². The van der Waals surface area contributed by atoms with E-state index in [0.717, 1.165) is 32.7 Å². The Kier molecular flexibility index (Phi) is 4.72. The molecule has 4 rings (SSSR count). The third-order valence-corrected chi connectivity index (χ3v) is 5.39. The number of carbonyl (C=O) groups is 2. The number of nitrogens with zero attached hydrogens (tertiary/aromatic N) is 2. The normalized spacial score (nSPS) is 24.9. The van der Waals surface area contributed by atoms with Crippen molar-refractivity contribution >= 4 is 17.5 Å². The van der Waals surface area contributed by atoms with E-state index in [0.29, 0.717) is 36.8 Å². The van der Waals surface area contributed by atoms with Crippen LogP contribution >= 0.6 is 0 Å². The van der Waals surface area contributed by atoms with E-state index in [1.54, 1.807) is 18.2 Å². The van der Waals surface area contributed by atoms with Crippen LogP contribution in [0.5, 0.6) is 11.5 Å². The molecule has 26 heavy (non-hydrogen) atoms. The number of fused-ring (bicyclic) bond motifs is 1. The molecule has 0 spiro atoms. The van der Waals surface area contributed by atoms with Gasteiger partial charge in [0.05, 0.1) is 11.8 Å². The van der Waals surface area contributed by atoms with E-state index in [1.807, 2.05) is 4.90 Å². The molecule has 1 aromatic carbocycles. The smallest absolute Gasteiger partial charge is 0.228 e. The van der Waals surface area contributed by atoms with Gasteiger partial charge in [-0.3, -0.25) is 9.59 Å². The van der Waals surface area contributed by atoms with Gasteiger partial charge in [-0.05, 0) is 25.1 Å². The minimum absolute atomic E-state index is 0.0905. The second kappa shape index (κ2) is 7.15. The quantitative estimate of drug-likeness (QED) is 0.875. The standard InChI is InChI=1S/C19H25N3O4/c1-2-21-5-7-22(8-6-21)19(24)15-12-14(15)18(23)20-13-3-4-16-17(11-13)26-10-9-25-16/h3-4,11,14-15H,2,5-10,12H2,1H3,(H,20,23). The predicted octanol–water partition coefficient (Wildman–Crippen LogP) is 1.20. The second-order valence-corrected chi connectivity index (χ2v) is 7.06. The van der Waals surface area contributed by atoms with Crippen LogP contribution in [0.25, 0.3) is 0 Å². The highest BCUT2D eigenvalue weighted by molar-refractivity contribution is 5.99. The highest BCUT2D eigenvalue weighted by atomic mass is 16.6. The summed E-state index contributed by atoms with van der Waals surface area (Å²) in [6.07, 6.45) is 0.642. The van der Waals surface area contributed by atoms with Gasteiger partial charge in [-0.25, -0.2) is 0 Å². The van der Waals surface area contributed by atoms with Gasteiger partial charge in [0.1, 0.15) is 13.2 Å². The van der Waals surface area contributed by atoms with Crippen molar-refractivity contribution in [3.8, 4) is 11.5 Å². The van der Waals surface area contributed by atoms with Gasteiger partial charge in [-0.15, -0.1) is 0 Å². The van der Waals surface area contributed by atoms with Gasteiger partial charge >= 0.3 is 0 Å². The number of ether oxygens (including phenoxy) is 2. The van der Waals surface area contributed by atoms with Gasteiger partial charge in [0.2, 0.25) is 11.8 Å². The van der Waals surface area contributed by atoms with Crippen LogP contribution < -0.4 is 14.8 Å². The summed E-state index contributed by atoms with van der Waals surface area (Å²) >= 11 is 0. The van der Waals surface area contributed by atoms with Crippen molar-refractivity contribution in [2.75, 3.05) is 51.3 Å². The molecule has 0 aromatic heterocycles. The van der Waals surface area contributed by atoms with Gasteiger partial charge in [-0.2, -0.15) is 0 Å². The molecule has 140 valence electrons. The molecule has 7 heteroatoms. The van der Waals surface area contributed by atoms with Gasteiger partial charge in [0, 0.05) is 37.9 Å². The molecule has 1 aromatic rings. The summed E-state index contributed by atoms with van der Waals surface area (Å²) in [7, 11) is 0. The Balaban J connectivity index is 1.31. The molecule has 2 heterocycles. The third kappa shape index (κ3) is 3.49. The van der Waals surface area contributed by atoms with E-state index in [1.165, 1.54) is 0 Å². The fraction of sp³-hybridized carbons (Fsp3) is 0.579. The molecule has 0 radical (unpaired) electrons. The Hall–Kier alpha value is -2.28. The number of rotatable bonds is 4. The molecule has 2 amide bonds. The maximum absolute atomic E-state index is 12.6. The summed E-state index contributed by atoms with van der Waals surface area (Å²) in [5.41, 5.74) is 0.675. The number of carbonyl (C=O) groups excluding carboxylic acids is 2. The van der Waals surface area contributed by atoms with Crippen LogP contribution in [0, 0.1) is 11.8 Å². The van der Waals surface area contributed by atoms with Crippen LogP contribution in [0.2, 0.25) is 0 Å². The Morgan fingerprint density at radius 1 is 1.08 bits per heavy atom. The zero-order valence-corrected chi connectivity index (χ0v) is 15.1. The van der Waals surface area contributed by atoms with E-state index < -0.39 is 0 Å². The Morgan fingerprint density at radius 3 is 2.54 bits per heavy atom. The molecular weight excluding hydrogens is 334 g/mol. The maximum Gasteiger partial charge on any atom is 0.228 e. The summed E-state index contributed by atoms with van der Waals surface area (Å²) < 4.78 is 11.0. The van der Waals surface area contributed by atoms with Gasteiger partial charge in [0.25, 0.3) is 0 Å². The molecule has 2 atom stereocenters. The summed E-state index contributed by atoms with van der Waals surface area (Å²) in [4.78, 5) is 29.3. The van der Waals surface area contributed by atoms with Gasteiger partial charge < -0.3 is 24.6 Å². The maximum atomic E-state index is 12.6. The number of piperazine rings is 1. The van der Waals surface area contributed by atoms with Crippen LogP contribution in [-0.2, 0) is 9.59 Å². The molecule has 2 fully saturated rings. The van der Waals surface area contributed by atoms with Crippen LogP contribution in [0.3, 0.4) is 0 Å². The minimum Gasteiger partial charge on any atom is -0.486 e. The number of likely N-dealkylation sites (N-methyl/N-ethyl adjacent to an activating group) is 1. The van der Waals surface area contributed by atoms with Gasteiger partial charge in [-0.1, -0.05) is 6.92 Å². The topological polar surface area (TPSA) is 71.1 Å². The number of nitrogens with one attached hydrogen (secondary N) is 1. The molecule has 1 saturated heterocycles. The van der Waals surface area contributed by atoms with E-state index in [-0.39, 0.29) is 23.7 Å². The van der Waals surface area contributed by atoms with E-state index in [2.05, 4.69) is 17.1 Å². The lowest BCUT2D eigenvalue weighted by Gasteiger charge is -2.34. The van der Waals surface area contributed by atoms with Crippen molar-refractivity contribution in [1.82, 2.24) is 9.80 Å². The molecule has 7 nitrogen and oxygen atoms in total. The second-order valence-electron chi connectivity index (χ2n) is 7.06. The Labute approximate surface area is 153 Å². The first-order valence-electron chi connectivity index (χ1n) is 9.37. The predicted molar refractivity (Wildman–Crippen MR) is 96.4 cm³/mol. The van der Waals surface area contributed by atoms with E-state index in [9.17, 15) is 9.59 Å². The summed E-state index contributed by atoms with van der Waals surface area (Å²) in [6, 6.07) is 5.37. The average molecular weight is 359 g/mol. The first-order valence-corrected chi connectivity index (χ1v) is 9.37. The lowest BCUT2D eigenvalue weighted by atomic mass is 10.2. The fourth-order valence-corrected chi connectivity index (χ4v) is 3.63. The zero-order valence-electron chi connectivity index (χ0n) is 15.1. The molecule has 2 aliphatic heterocycles. The minimum atomic E-state index is -0.222. The number of anilines is 1. The molecule has 3 aliphatic rings. The van der Waals surface area contributed by atoms with Crippen molar-refractivity contribution in [3.63, 3.8) is 0 Å². The molecule has 1 N–H and O–H groups in total. The summed E-state index contributed by atoms with van der Waals surface area (Å²) in [5, 5.41) is 2.90. The van der Waals surface area contributed by atoms with Gasteiger partial charge in [0.15, 0.2) is 11.5 Å². The zero-order chi connectivity index (χ0) is 18.1. The molecule has 1 aliphatic carbocycles. The van der Waals surface area contributed by atoms with Crippen molar-refractivity contribution < 1.29 is 19.1 Å². The Bertz CT molecular complexity index is 700. The summed E-state index contributed by atoms with van der Waals surface area (Å²) in [5.74, 6) is 0.988. The largest absolute Gasteiger partial charge is 0.486 e. The number of amides is 2. The van der Waals surface area contributed by atoms with Crippen LogP contribution in [0.1, 0.15) is 13.3 Å². The van der Waals surface area contributed by atoms with Crippen LogP contribution in [0.15, 0.2) is 18.2 Å². The lowest BCUT2D eigenvalue weighted by Crippen LogP contribution is -2.49. The highest BCUT2D eigenvalue weighted by Crippen LogP contribution is 2.41. The average Bonchev–Trinajstić information content (AvgIpc) is 3.48.